The number of benzene rings is 1. The molecule has 0 unspecified atom stereocenters. The molecular formula is C10H10ClFO. The van der Waals surface area contributed by atoms with E-state index in [0.29, 0.717) is 23.4 Å². The van der Waals surface area contributed by atoms with E-state index in [1.165, 1.54) is 19.1 Å². The van der Waals surface area contributed by atoms with Gasteiger partial charge in [-0.3, -0.25) is 0 Å². The molecular weight excluding hydrogens is 191 g/mol. The maximum Gasteiger partial charge on any atom is 0.130 e. The molecule has 0 heterocycles. The van der Waals surface area contributed by atoms with Crippen LogP contribution in [0, 0.1) is 5.82 Å². The fraction of sp³-hybridized carbons (Fsp3) is 0.300. The summed E-state index contributed by atoms with van der Waals surface area (Å²) in [4.78, 5) is 10.7. The van der Waals surface area contributed by atoms with E-state index in [4.69, 9.17) is 11.6 Å². The molecule has 0 N–H and O–H groups in total. The third kappa shape index (κ3) is 3.15. The van der Waals surface area contributed by atoms with E-state index in [2.05, 4.69) is 0 Å². The van der Waals surface area contributed by atoms with Crippen LogP contribution >= 0.6 is 11.6 Å². The average molecular weight is 201 g/mol. The zero-order valence-electron chi connectivity index (χ0n) is 7.31. The predicted octanol–water partition coefficient (Wildman–Crippen LogP) is 3.00. The second-order valence-electron chi connectivity index (χ2n) is 2.94. The van der Waals surface area contributed by atoms with Gasteiger partial charge in [0, 0.05) is 11.4 Å². The van der Waals surface area contributed by atoms with Crippen LogP contribution in [0.2, 0.25) is 5.02 Å². The number of Topliss-reactive ketones (excluding diaryl/α,β-unsaturated/α-hetero) is 1. The van der Waals surface area contributed by atoms with Gasteiger partial charge in [0.2, 0.25) is 0 Å². The summed E-state index contributed by atoms with van der Waals surface area (Å²) in [6.07, 6.45) is 0.777. The molecule has 0 radical (unpaired) electrons. The van der Waals surface area contributed by atoms with E-state index in [-0.39, 0.29) is 11.6 Å². The number of carbonyl (C=O) groups excluding carboxylic acids is 1. The maximum absolute atomic E-state index is 13.1. The molecule has 13 heavy (non-hydrogen) atoms. The van der Waals surface area contributed by atoms with Crippen LogP contribution in [0.15, 0.2) is 18.2 Å². The molecule has 0 aliphatic heterocycles. The highest BCUT2D eigenvalue weighted by atomic mass is 35.5. The SMILES string of the molecule is CC(=O)CCc1cc(Cl)ccc1F. The molecule has 0 saturated carbocycles. The summed E-state index contributed by atoms with van der Waals surface area (Å²) >= 11 is 5.68. The molecule has 1 aromatic rings. The number of hydrogen-bond acceptors (Lipinski definition) is 1. The Labute approximate surface area is 81.5 Å². The highest BCUT2D eigenvalue weighted by Crippen LogP contribution is 2.16. The summed E-state index contributed by atoms with van der Waals surface area (Å²) < 4.78 is 13.1. The smallest absolute Gasteiger partial charge is 0.130 e. The Hall–Kier alpha value is -0.890. The quantitative estimate of drug-likeness (QED) is 0.733. The van der Waals surface area contributed by atoms with Crippen LogP contribution in [0.4, 0.5) is 4.39 Å². The Morgan fingerprint density at radius 1 is 1.54 bits per heavy atom. The molecule has 0 aliphatic carbocycles. The van der Waals surface area contributed by atoms with E-state index in [9.17, 15) is 9.18 Å². The summed E-state index contributed by atoms with van der Waals surface area (Å²) in [6.45, 7) is 1.49. The second kappa shape index (κ2) is 4.38. The Bertz CT molecular complexity index is 323. The first-order valence-electron chi connectivity index (χ1n) is 4.03. The van der Waals surface area contributed by atoms with Gasteiger partial charge in [0.25, 0.3) is 0 Å². The van der Waals surface area contributed by atoms with E-state index >= 15 is 0 Å². The van der Waals surface area contributed by atoms with Crippen LogP contribution in [0.1, 0.15) is 18.9 Å². The third-order valence-corrected chi connectivity index (χ3v) is 1.99. The lowest BCUT2D eigenvalue weighted by molar-refractivity contribution is -0.116. The van der Waals surface area contributed by atoms with Crippen molar-refractivity contribution in [2.24, 2.45) is 0 Å². The van der Waals surface area contributed by atoms with Crippen LogP contribution in [-0.4, -0.2) is 5.78 Å². The number of ketones is 1. The minimum atomic E-state index is -0.300. The highest BCUT2D eigenvalue weighted by Gasteiger charge is 2.03. The van der Waals surface area contributed by atoms with Crippen molar-refractivity contribution in [3.8, 4) is 0 Å². The zero-order chi connectivity index (χ0) is 9.84. The van der Waals surface area contributed by atoms with Gasteiger partial charge < -0.3 is 4.79 Å². The van der Waals surface area contributed by atoms with E-state index in [1.807, 2.05) is 0 Å². The lowest BCUT2D eigenvalue weighted by Crippen LogP contribution is -1.96. The largest absolute Gasteiger partial charge is 0.300 e. The summed E-state index contributed by atoms with van der Waals surface area (Å²) in [5, 5.41) is 0.500. The van der Waals surface area contributed by atoms with Crippen molar-refractivity contribution >= 4 is 17.4 Å². The maximum atomic E-state index is 13.1. The van der Waals surface area contributed by atoms with Crippen LogP contribution < -0.4 is 0 Å². The Kier molecular flexibility index (Phi) is 3.43. The topological polar surface area (TPSA) is 17.1 Å². The lowest BCUT2D eigenvalue weighted by Gasteiger charge is -2.01. The molecule has 0 amide bonds. The van der Waals surface area contributed by atoms with Crippen LogP contribution in [0.25, 0.3) is 0 Å². The number of rotatable bonds is 3. The van der Waals surface area contributed by atoms with E-state index in [1.54, 1.807) is 6.07 Å². The molecule has 0 aromatic heterocycles. The first-order valence-corrected chi connectivity index (χ1v) is 4.41. The van der Waals surface area contributed by atoms with Gasteiger partial charge in [0.05, 0.1) is 0 Å². The Balaban J connectivity index is 2.75. The monoisotopic (exact) mass is 200 g/mol. The molecule has 70 valence electrons. The molecule has 0 atom stereocenters. The summed E-state index contributed by atoms with van der Waals surface area (Å²) in [6, 6.07) is 4.37. The minimum absolute atomic E-state index is 0.0550. The molecule has 0 saturated heterocycles. The molecule has 0 spiro atoms. The first-order chi connectivity index (χ1) is 6.09. The van der Waals surface area contributed by atoms with Crippen molar-refractivity contribution in [3.05, 3.63) is 34.6 Å². The molecule has 1 nitrogen and oxygen atoms in total. The van der Waals surface area contributed by atoms with Crippen molar-refractivity contribution < 1.29 is 9.18 Å². The predicted molar refractivity (Wildman–Crippen MR) is 50.4 cm³/mol. The van der Waals surface area contributed by atoms with Crippen molar-refractivity contribution in [2.75, 3.05) is 0 Å². The van der Waals surface area contributed by atoms with E-state index in [0.717, 1.165) is 0 Å². The normalized spacial score (nSPS) is 10.1. The molecule has 0 fully saturated rings. The number of hydrogen-bond donors (Lipinski definition) is 0. The fourth-order valence-electron chi connectivity index (χ4n) is 1.05. The van der Waals surface area contributed by atoms with Crippen LogP contribution in [-0.2, 0) is 11.2 Å². The van der Waals surface area contributed by atoms with Crippen LogP contribution in [0.5, 0.6) is 0 Å². The van der Waals surface area contributed by atoms with Crippen molar-refractivity contribution in [1.29, 1.82) is 0 Å². The highest BCUT2D eigenvalue weighted by molar-refractivity contribution is 6.30. The molecule has 0 aliphatic rings. The van der Waals surface area contributed by atoms with Gasteiger partial charge >= 0.3 is 0 Å². The summed E-state index contributed by atoms with van der Waals surface area (Å²) in [5.41, 5.74) is 0.503. The number of aryl methyl sites for hydroxylation is 1. The number of halogens is 2. The van der Waals surface area contributed by atoms with Gasteiger partial charge in [-0.1, -0.05) is 11.6 Å². The summed E-state index contributed by atoms with van der Waals surface area (Å²) in [5.74, 6) is -0.245. The molecule has 3 heteroatoms. The first kappa shape index (κ1) is 10.2. The standard InChI is InChI=1S/C10H10ClFO/c1-7(13)2-3-8-6-9(11)4-5-10(8)12/h4-6H,2-3H2,1H3. The lowest BCUT2D eigenvalue weighted by atomic mass is 10.1. The van der Waals surface area contributed by atoms with E-state index < -0.39 is 0 Å². The minimum Gasteiger partial charge on any atom is -0.300 e. The third-order valence-electron chi connectivity index (χ3n) is 1.75. The summed E-state index contributed by atoms with van der Waals surface area (Å²) in [7, 11) is 0. The zero-order valence-corrected chi connectivity index (χ0v) is 8.07. The van der Waals surface area contributed by atoms with Crippen molar-refractivity contribution in [2.45, 2.75) is 19.8 Å². The second-order valence-corrected chi connectivity index (χ2v) is 3.37. The van der Waals surface area contributed by atoms with Gasteiger partial charge in [-0.25, -0.2) is 4.39 Å². The number of carbonyl (C=O) groups is 1. The Morgan fingerprint density at radius 3 is 2.85 bits per heavy atom. The van der Waals surface area contributed by atoms with Gasteiger partial charge in [-0.2, -0.15) is 0 Å². The van der Waals surface area contributed by atoms with Gasteiger partial charge in [0.15, 0.2) is 0 Å². The van der Waals surface area contributed by atoms with Crippen molar-refractivity contribution in [3.63, 3.8) is 0 Å². The van der Waals surface area contributed by atoms with Crippen molar-refractivity contribution in [1.82, 2.24) is 0 Å². The van der Waals surface area contributed by atoms with Gasteiger partial charge in [-0.05, 0) is 37.1 Å². The molecule has 1 rings (SSSR count). The molecule has 1 aromatic carbocycles. The Morgan fingerprint density at radius 2 is 2.23 bits per heavy atom. The van der Waals surface area contributed by atoms with Gasteiger partial charge in [0.1, 0.15) is 11.6 Å². The fourth-order valence-corrected chi connectivity index (χ4v) is 1.24. The molecule has 0 bridgehead atoms. The van der Waals surface area contributed by atoms with Gasteiger partial charge in [-0.15, -0.1) is 0 Å². The van der Waals surface area contributed by atoms with Crippen LogP contribution in [0.3, 0.4) is 0 Å². The average Bonchev–Trinajstić information content (AvgIpc) is 2.06.